The molecule has 4 heteroatoms. The molecule has 4 nitrogen and oxygen atoms in total. The number of nitriles is 1. The SMILES string of the molecule is CNC(=O)C(C)(C)CNCCC(C)(C)C#N. The van der Waals surface area contributed by atoms with Gasteiger partial charge < -0.3 is 10.6 Å². The van der Waals surface area contributed by atoms with Gasteiger partial charge in [-0.15, -0.1) is 0 Å². The van der Waals surface area contributed by atoms with E-state index in [0.717, 1.165) is 13.0 Å². The fourth-order valence-electron chi connectivity index (χ4n) is 1.28. The van der Waals surface area contributed by atoms with Crippen molar-refractivity contribution < 1.29 is 4.79 Å². The standard InChI is InChI=1S/C12H23N3O/c1-11(2,8-13)6-7-15-9-12(3,4)10(16)14-5/h15H,6-7,9H2,1-5H3,(H,14,16). The van der Waals surface area contributed by atoms with Crippen LogP contribution in [0.3, 0.4) is 0 Å². The van der Waals surface area contributed by atoms with Gasteiger partial charge in [0.2, 0.25) is 5.91 Å². The van der Waals surface area contributed by atoms with Crippen molar-refractivity contribution in [2.24, 2.45) is 10.8 Å². The number of rotatable bonds is 6. The van der Waals surface area contributed by atoms with E-state index in [1.807, 2.05) is 27.7 Å². The van der Waals surface area contributed by atoms with Crippen molar-refractivity contribution in [1.29, 1.82) is 5.26 Å². The van der Waals surface area contributed by atoms with Crippen molar-refractivity contribution >= 4 is 5.91 Å². The lowest BCUT2D eigenvalue weighted by Crippen LogP contribution is -2.42. The summed E-state index contributed by atoms with van der Waals surface area (Å²) in [4.78, 5) is 11.5. The van der Waals surface area contributed by atoms with E-state index in [4.69, 9.17) is 5.26 Å². The van der Waals surface area contributed by atoms with E-state index in [0.29, 0.717) is 6.54 Å². The molecule has 0 radical (unpaired) electrons. The van der Waals surface area contributed by atoms with Gasteiger partial charge in [0.15, 0.2) is 0 Å². The van der Waals surface area contributed by atoms with E-state index in [1.165, 1.54) is 0 Å². The molecule has 0 atom stereocenters. The highest BCUT2D eigenvalue weighted by molar-refractivity contribution is 5.81. The molecule has 0 bridgehead atoms. The zero-order valence-corrected chi connectivity index (χ0v) is 11.0. The highest BCUT2D eigenvalue weighted by atomic mass is 16.2. The molecule has 0 saturated heterocycles. The monoisotopic (exact) mass is 225 g/mol. The Hall–Kier alpha value is -1.08. The van der Waals surface area contributed by atoms with Crippen LogP contribution in [0, 0.1) is 22.2 Å². The van der Waals surface area contributed by atoms with Crippen molar-refractivity contribution in [2.75, 3.05) is 20.1 Å². The first-order valence-electron chi connectivity index (χ1n) is 5.59. The summed E-state index contributed by atoms with van der Waals surface area (Å²) in [5.41, 5.74) is -0.713. The first-order valence-corrected chi connectivity index (χ1v) is 5.59. The molecule has 0 unspecified atom stereocenters. The maximum atomic E-state index is 11.5. The normalized spacial score (nSPS) is 12.0. The lowest BCUT2D eigenvalue weighted by Gasteiger charge is -2.24. The van der Waals surface area contributed by atoms with Crippen LogP contribution >= 0.6 is 0 Å². The lowest BCUT2D eigenvalue weighted by atomic mass is 9.90. The largest absolute Gasteiger partial charge is 0.359 e. The molecule has 0 spiro atoms. The third-order valence-electron chi connectivity index (χ3n) is 2.64. The van der Waals surface area contributed by atoms with Crippen LogP contribution in [0.25, 0.3) is 0 Å². The van der Waals surface area contributed by atoms with Gasteiger partial charge in [0.1, 0.15) is 0 Å². The van der Waals surface area contributed by atoms with Gasteiger partial charge in [0.05, 0.1) is 16.9 Å². The Bertz CT molecular complexity index is 276. The van der Waals surface area contributed by atoms with Gasteiger partial charge in [-0.25, -0.2) is 0 Å². The molecule has 0 aliphatic rings. The Morgan fingerprint density at radius 3 is 2.31 bits per heavy atom. The third-order valence-corrected chi connectivity index (χ3v) is 2.64. The topological polar surface area (TPSA) is 64.9 Å². The lowest BCUT2D eigenvalue weighted by molar-refractivity contribution is -0.128. The maximum Gasteiger partial charge on any atom is 0.226 e. The predicted octanol–water partition coefficient (Wildman–Crippen LogP) is 1.29. The van der Waals surface area contributed by atoms with E-state index in [9.17, 15) is 4.79 Å². The van der Waals surface area contributed by atoms with E-state index in [-0.39, 0.29) is 11.3 Å². The van der Waals surface area contributed by atoms with Gasteiger partial charge >= 0.3 is 0 Å². The summed E-state index contributed by atoms with van der Waals surface area (Å²) < 4.78 is 0. The molecule has 1 amide bonds. The summed E-state index contributed by atoms with van der Waals surface area (Å²) in [6.07, 6.45) is 0.785. The second kappa shape index (κ2) is 5.86. The molecule has 0 aromatic carbocycles. The van der Waals surface area contributed by atoms with Gasteiger partial charge in [0, 0.05) is 13.6 Å². The zero-order chi connectivity index (χ0) is 12.8. The summed E-state index contributed by atoms with van der Waals surface area (Å²) in [7, 11) is 1.64. The fourth-order valence-corrected chi connectivity index (χ4v) is 1.28. The average molecular weight is 225 g/mol. The molecule has 0 aliphatic heterocycles. The molecule has 0 rings (SSSR count). The van der Waals surface area contributed by atoms with Crippen LogP contribution in [0.1, 0.15) is 34.1 Å². The molecule has 16 heavy (non-hydrogen) atoms. The van der Waals surface area contributed by atoms with Crippen molar-refractivity contribution in [1.82, 2.24) is 10.6 Å². The molecule has 0 heterocycles. The molecular weight excluding hydrogens is 202 g/mol. The molecule has 0 saturated carbocycles. The second-order valence-electron chi connectivity index (χ2n) is 5.39. The number of carbonyl (C=O) groups excluding carboxylic acids is 1. The molecule has 0 fully saturated rings. The molecule has 92 valence electrons. The Balaban J connectivity index is 3.92. The molecule has 0 aromatic heterocycles. The predicted molar refractivity (Wildman–Crippen MR) is 64.7 cm³/mol. The van der Waals surface area contributed by atoms with Crippen LogP contribution in [0.2, 0.25) is 0 Å². The minimum atomic E-state index is -0.411. The zero-order valence-electron chi connectivity index (χ0n) is 11.0. The molecule has 0 aromatic rings. The van der Waals surface area contributed by atoms with E-state index in [2.05, 4.69) is 16.7 Å². The Kier molecular flexibility index (Phi) is 5.46. The van der Waals surface area contributed by atoms with Gasteiger partial charge in [-0.3, -0.25) is 4.79 Å². The van der Waals surface area contributed by atoms with Crippen molar-refractivity contribution in [3.05, 3.63) is 0 Å². The van der Waals surface area contributed by atoms with Gasteiger partial charge in [0.25, 0.3) is 0 Å². The minimum absolute atomic E-state index is 0.0274. The second-order valence-corrected chi connectivity index (χ2v) is 5.39. The van der Waals surface area contributed by atoms with E-state index >= 15 is 0 Å². The summed E-state index contributed by atoms with van der Waals surface area (Å²) in [5.74, 6) is 0.0274. The number of nitrogens with zero attached hydrogens (tertiary/aromatic N) is 1. The smallest absolute Gasteiger partial charge is 0.226 e. The highest BCUT2D eigenvalue weighted by Crippen LogP contribution is 2.18. The Morgan fingerprint density at radius 1 is 1.31 bits per heavy atom. The van der Waals surface area contributed by atoms with Crippen molar-refractivity contribution in [2.45, 2.75) is 34.1 Å². The summed E-state index contributed by atoms with van der Waals surface area (Å²) >= 11 is 0. The van der Waals surface area contributed by atoms with E-state index in [1.54, 1.807) is 7.05 Å². The molecular formula is C12H23N3O. The van der Waals surface area contributed by atoms with Crippen molar-refractivity contribution in [3.63, 3.8) is 0 Å². The van der Waals surface area contributed by atoms with Crippen LogP contribution in [-0.2, 0) is 4.79 Å². The highest BCUT2D eigenvalue weighted by Gasteiger charge is 2.26. The Morgan fingerprint density at radius 2 is 1.88 bits per heavy atom. The summed E-state index contributed by atoms with van der Waals surface area (Å²) in [6, 6.07) is 2.25. The number of amides is 1. The molecule has 0 aliphatic carbocycles. The number of carbonyl (C=O) groups is 1. The minimum Gasteiger partial charge on any atom is -0.359 e. The Labute approximate surface area is 98.4 Å². The summed E-state index contributed by atoms with van der Waals surface area (Å²) in [5, 5.41) is 14.7. The first kappa shape index (κ1) is 14.9. The number of hydrogen-bond donors (Lipinski definition) is 2. The van der Waals surface area contributed by atoms with Gasteiger partial charge in [-0.1, -0.05) is 0 Å². The molecule has 2 N–H and O–H groups in total. The van der Waals surface area contributed by atoms with Crippen LogP contribution in [0.5, 0.6) is 0 Å². The fraction of sp³-hybridized carbons (Fsp3) is 0.833. The van der Waals surface area contributed by atoms with Gasteiger partial charge in [-0.05, 0) is 40.7 Å². The van der Waals surface area contributed by atoms with Crippen molar-refractivity contribution in [3.8, 4) is 6.07 Å². The number of hydrogen-bond acceptors (Lipinski definition) is 3. The maximum absolute atomic E-state index is 11.5. The van der Waals surface area contributed by atoms with Crippen LogP contribution in [0.4, 0.5) is 0 Å². The van der Waals surface area contributed by atoms with Crippen LogP contribution < -0.4 is 10.6 Å². The average Bonchev–Trinajstić information content (AvgIpc) is 2.23. The van der Waals surface area contributed by atoms with Gasteiger partial charge in [-0.2, -0.15) is 5.26 Å². The van der Waals surface area contributed by atoms with Crippen LogP contribution in [-0.4, -0.2) is 26.0 Å². The first-order chi connectivity index (χ1) is 7.25. The quantitative estimate of drug-likeness (QED) is 0.669. The summed E-state index contributed by atoms with van der Waals surface area (Å²) in [6.45, 7) is 8.99. The number of nitrogens with one attached hydrogen (secondary N) is 2. The van der Waals surface area contributed by atoms with Crippen LogP contribution in [0.15, 0.2) is 0 Å². The third kappa shape index (κ3) is 5.13. The van der Waals surface area contributed by atoms with E-state index < -0.39 is 5.41 Å².